The number of hydrogen-bond acceptors (Lipinski definition) is 2. The van der Waals surface area contributed by atoms with E-state index in [-0.39, 0.29) is 5.92 Å². The van der Waals surface area contributed by atoms with Crippen LogP contribution in [-0.2, 0) is 4.79 Å². The van der Waals surface area contributed by atoms with E-state index < -0.39 is 5.97 Å². The van der Waals surface area contributed by atoms with Gasteiger partial charge in [-0.1, -0.05) is 33.1 Å². The number of hydrogen-bond donors (Lipinski definition) is 2. The van der Waals surface area contributed by atoms with Crippen LogP contribution >= 0.6 is 0 Å². The quantitative estimate of drug-likeness (QED) is 0.619. The average Bonchev–Trinajstić information content (AvgIpc) is 2.78. The van der Waals surface area contributed by atoms with Crippen LogP contribution in [0, 0.1) is 5.92 Å². The maximum absolute atomic E-state index is 10.9. The summed E-state index contributed by atoms with van der Waals surface area (Å²) < 4.78 is 0. The monoisotopic (exact) mass is 255 g/mol. The topological polar surface area (TPSA) is 49.3 Å². The zero-order valence-corrected chi connectivity index (χ0v) is 12.0. The number of unbranched alkanes of at least 4 members (excludes halogenated alkanes) is 1. The van der Waals surface area contributed by atoms with E-state index in [0.29, 0.717) is 5.54 Å². The minimum absolute atomic E-state index is 0.135. The molecule has 1 heterocycles. The Labute approximate surface area is 111 Å². The lowest BCUT2D eigenvalue weighted by Gasteiger charge is -2.29. The van der Waals surface area contributed by atoms with E-state index in [9.17, 15) is 4.79 Å². The van der Waals surface area contributed by atoms with Crippen molar-refractivity contribution in [2.45, 2.75) is 77.2 Å². The Bertz CT molecular complexity index is 247. The highest BCUT2D eigenvalue weighted by molar-refractivity contribution is 5.69. The first-order valence-corrected chi connectivity index (χ1v) is 7.61. The molecule has 1 aliphatic heterocycles. The lowest BCUT2D eigenvalue weighted by atomic mass is 9.85. The van der Waals surface area contributed by atoms with Crippen molar-refractivity contribution in [3.63, 3.8) is 0 Å². The second-order valence-corrected chi connectivity index (χ2v) is 5.75. The summed E-state index contributed by atoms with van der Waals surface area (Å²) in [5, 5.41) is 12.7. The van der Waals surface area contributed by atoms with Gasteiger partial charge in [0.05, 0.1) is 5.92 Å². The fourth-order valence-electron chi connectivity index (χ4n) is 3.26. The van der Waals surface area contributed by atoms with Gasteiger partial charge in [0.15, 0.2) is 0 Å². The van der Waals surface area contributed by atoms with Crippen LogP contribution in [0.5, 0.6) is 0 Å². The molecule has 106 valence electrons. The molecule has 0 saturated carbocycles. The lowest BCUT2D eigenvalue weighted by Crippen LogP contribution is -2.39. The van der Waals surface area contributed by atoms with Crippen LogP contribution in [0.15, 0.2) is 0 Å². The fourth-order valence-corrected chi connectivity index (χ4v) is 3.26. The van der Waals surface area contributed by atoms with Gasteiger partial charge in [0, 0.05) is 5.54 Å². The first-order valence-electron chi connectivity index (χ1n) is 7.61. The molecule has 1 rings (SSSR count). The number of carbonyl (C=O) groups is 1. The van der Waals surface area contributed by atoms with E-state index >= 15 is 0 Å². The molecular weight excluding hydrogens is 226 g/mol. The maximum Gasteiger partial charge on any atom is 0.306 e. The minimum Gasteiger partial charge on any atom is -0.481 e. The molecule has 3 nitrogen and oxygen atoms in total. The molecule has 1 aliphatic rings. The summed E-state index contributed by atoms with van der Waals surface area (Å²) >= 11 is 0. The normalized spacial score (nSPS) is 25.2. The van der Waals surface area contributed by atoms with Gasteiger partial charge in [-0.3, -0.25) is 4.79 Å². The Morgan fingerprint density at radius 2 is 2.11 bits per heavy atom. The largest absolute Gasteiger partial charge is 0.481 e. The van der Waals surface area contributed by atoms with Crippen LogP contribution < -0.4 is 5.32 Å². The maximum atomic E-state index is 10.9. The molecule has 2 atom stereocenters. The number of carboxylic acids is 1. The molecule has 0 aromatic heterocycles. The van der Waals surface area contributed by atoms with Crippen molar-refractivity contribution >= 4 is 5.97 Å². The molecule has 0 bridgehead atoms. The number of carboxylic acid groups (broad SMARTS) is 1. The highest BCUT2D eigenvalue weighted by atomic mass is 16.4. The van der Waals surface area contributed by atoms with Crippen molar-refractivity contribution in [1.29, 1.82) is 0 Å². The Hall–Kier alpha value is -0.570. The molecule has 1 saturated heterocycles. The van der Waals surface area contributed by atoms with Crippen LogP contribution in [0.4, 0.5) is 0 Å². The summed E-state index contributed by atoms with van der Waals surface area (Å²) in [6, 6.07) is 0. The predicted molar refractivity (Wildman–Crippen MR) is 74.8 cm³/mol. The van der Waals surface area contributed by atoms with E-state index in [1.54, 1.807) is 0 Å². The van der Waals surface area contributed by atoms with Crippen LogP contribution in [0.1, 0.15) is 71.6 Å². The molecule has 0 aromatic carbocycles. The van der Waals surface area contributed by atoms with E-state index in [0.717, 1.165) is 32.2 Å². The molecule has 0 radical (unpaired) electrons. The fraction of sp³-hybridized carbons (Fsp3) is 0.933. The van der Waals surface area contributed by atoms with Gasteiger partial charge in [0.1, 0.15) is 0 Å². The summed E-state index contributed by atoms with van der Waals surface area (Å²) in [6.45, 7) is 5.38. The van der Waals surface area contributed by atoms with E-state index in [1.165, 1.54) is 32.1 Å². The Balaban J connectivity index is 2.25. The van der Waals surface area contributed by atoms with Crippen molar-refractivity contribution < 1.29 is 9.90 Å². The van der Waals surface area contributed by atoms with Crippen molar-refractivity contribution in [1.82, 2.24) is 5.32 Å². The summed E-state index contributed by atoms with van der Waals surface area (Å²) in [5.41, 5.74) is 0.375. The third-order valence-electron chi connectivity index (χ3n) is 4.36. The zero-order valence-electron chi connectivity index (χ0n) is 12.0. The van der Waals surface area contributed by atoms with Crippen LogP contribution in [0.2, 0.25) is 0 Å². The van der Waals surface area contributed by atoms with Crippen molar-refractivity contribution in [3.8, 4) is 0 Å². The second kappa shape index (κ2) is 7.78. The van der Waals surface area contributed by atoms with Gasteiger partial charge in [0.25, 0.3) is 0 Å². The summed E-state index contributed by atoms with van der Waals surface area (Å²) in [6.07, 6.45) is 10.1. The van der Waals surface area contributed by atoms with Gasteiger partial charge in [-0.15, -0.1) is 0 Å². The van der Waals surface area contributed by atoms with Crippen LogP contribution in [0.3, 0.4) is 0 Å². The zero-order chi connectivity index (χ0) is 13.4. The molecule has 0 spiro atoms. The van der Waals surface area contributed by atoms with Gasteiger partial charge >= 0.3 is 5.97 Å². The molecule has 0 aromatic rings. The number of rotatable bonds is 9. The molecule has 1 fully saturated rings. The van der Waals surface area contributed by atoms with E-state index in [2.05, 4.69) is 12.2 Å². The van der Waals surface area contributed by atoms with E-state index in [4.69, 9.17) is 5.11 Å². The molecule has 0 aliphatic carbocycles. The first-order chi connectivity index (χ1) is 8.63. The molecule has 0 amide bonds. The third kappa shape index (κ3) is 4.60. The van der Waals surface area contributed by atoms with Crippen molar-refractivity contribution in [2.75, 3.05) is 6.54 Å². The van der Waals surface area contributed by atoms with Crippen LogP contribution in [0.25, 0.3) is 0 Å². The third-order valence-corrected chi connectivity index (χ3v) is 4.36. The highest BCUT2D eigenvalue weighted by Gasteiger charge is 2.31. The second-order valence-electron chi connectivity index (χ2n) is 5.75. The first kappa shape index (κ1) is 15.5. The van der Waals surface area contributed by atoms with Gasteiger partial charge in [-0.25, -0.2) is 0 Å². The van der Waals surface area contributed by atoms with Crippen LogP contribution in [-0.4, -0.2) is 23.2 Å². The standard InChI is InChI=1S/C15H29NO2/c1-3-9-15(11-7-12-16-15)10-6-5-8-13(4-2)14(17)18/h13,16H,3-12H2,1-2H3,(H,17,18). The molecule has 2 unspecified atom stereocenters. The summed E-state index contributed by atoms with van der Waals surface area (Å²) in [7, 11) is 0. The Morgan fingerprint density at radius 3 is 2.61 bits per heavy atom. The Morgan fingerprint density at radius 1 is 1.33 bits per heavy atom. The molecular formula is C15H29NO2. The van der Waals surface area contributed by atoms with Crippen molar-refractivity contribution in [2.24, 2.45) is 5.92 Å². The average molecular weight is 255 g/mol. The van der Waals surface area contributed by atoms with Gasteiger partial charge < -0.3 is 10.4 Å². The predicted octanol–water partition coefficient (Wildman–Crippen LogP) is 3.58. The van der Waals surface area contributed by atoms with Crippen molar-refractivity contribution in [3.05, 3.63) is 0 Å². The van der Waals surface area contributed by atoms with E-state index in [1.807, 2.05) is 6.92 Å². The van der Waals surface area contributed by atoms with Gasteiger partial charge in [-0.05, 0) is 45.1 Å². The number of aliphatic carboxylic acids is 1. The smallest absolute Gasteiger partial charge is 0.306 e. The highest BCUT2D eigenvalue weighted by Crippen LogP contribution is 2.30. The summed E-state index contributed by atoms with van der Waals surface area (Å²) in [4.78, 5) is 10.9. The molecule has 18 heavy (non-hydrogen) atoms. The van der Waals surface area contributed by atoms with Gasteiger partial charge in [-0.2, -0.15) is 0 Å². The number of nitrogens with one attached hydrogen (secondary N) is 1. The molecule has 2 N–H and O–H groups in total. The van der Waals surface area contributed by atoms with Gasteiger partial charge in [0.2, 0.25) is 0 Å². The summed E-state index contributed by atoms with van der Waals surface area (Å²) in [5.74, 6) is -0.761. The Kier molecular flexibility index (Phi) is 6.69. The SMILES string of the molecule is CCCC1(CCCCC(CC)C(=O)O)CCCN1. The lowest BCUT2D eigenvalue weighted by molar-refractivity contribution is -0.142. The molecule has 3 heteroatoms. The minimum atomic E-state index is -0.625.